The first kappa shape index (κ1) is 23.1. The van der Waals surface area contributed by atoms with Crippen molar-refractivity contribution in [3.8, 4) is 0 Å². The summed E-state index contributed by atoms with van der Waals surface area (Å²) in [6.45, 7) is 2.63. The number of hydrogen-bond donors (Lipinski definition) is 2. The number of rotatable bonds is 8. The summed E-state index contributed by atoms with van der Waals surface area (Å²) in [6.07, 6.45) is 0. The molecule has 0 unspecified atom stereocenters. The minimum absolute atomic E-state index is 0.102. The molecule has 2 N–H and O–H groups in total. The smallest absolute Gasteiger partial charge is 0.251 e. The Kier molecular flexibility index (Phi) is 7.89. The summed E-state index contributed by atoms with van der Waals surface area (Å²) >= 11 is 13.0. The van der Waals surface area contributed by atoms with Gasteiger partial charge in [0.2, 0.25) is 5.91 Å². The molecule has 7 nitrogen and oxygen atoms in total. The number of hydrogen-bond acceptors (Lipinski definition) is 5. The van der Waals surface area contributed by atoms with Crippen LogP contribution in [0.2, 0.25) is 10.0 Å². The zero-order valence-electron chi connectivity index (χ0n) is 16.4. The largest absolute Gasteiger partial charge is 0.345 e. The Labute approximate surface area is 192 Å². The molecule has 2 aromatic carbocycles. The number of benzene rings is 2. The molecule has 0 aliphatic rings. The van der Waals surface area contributed by atoms with Crippen LogP contribution < -0.4 is 10.6 Å². The van der Waals surface area contributed by atoms with E-state index in [1.54, 1.807) is 12.1 Å². The van der Waals surface area contributed by atoms with Gasteiger partial charge in [0.05, 0.1) is 22.3 Å². The van der Waals surface area contributed by atoms with E-state index in [4.69, 9.17) is 23.2 Å². The molecule has 162 valence electrons. The van der Waals surface area contributed by atoms with Gasteiger partial charge in [0.1, 0.15) is 5.82 Å². The first-order chi connectivity index (χ1) is 14.9. The Morgan fingerprint density at radius 1 is 1.10 bits per heavy atom. The zero-order chi connectivity index (χ0) is 22.4. The molecule has 0 aliphatic carbocycles. The molecule has 0 atom stereocenters. The minimum atomic E-state index is -0.373. The fraction of sp³-hybridized carbons (Fsp3) is 0.200. The van der Waals surface area contributed by atoms with Crippen LogP contribution >= 0.6 is 35.0 Å². The number of nitrogens with zero attached hydrogens (tertiary/aromatic N) is 3. The number of amides is 2. The molecule has 3 rings (SSSR count). The van der Waals surface area contributed by atoms with Crippen molar-refractivity contribution in [2.45, 2.75) is 25.2 Å². The van der Waals surface area contributed by atoms with Crippen LogP contribution in [0.5, 0.6) is 0 Å². The van der Waals surface area contributed by atoms with Crippen LogP contribution in [0.4, 0.5) is 10.1 Å². The van der Waals surface area contributed by atoms with Crippen molar-refractivity contribution < 1.29 is 14.0 Å². The Morgan fingerprint density at radius 2 is 1.84 bits per heavy atom. The molecule has 3 aromatic rings. The van der Waals surface area contributed by atoms with Gasteiger partial charge in [0.15, 0.2) is 11.0 Å². The van der Waals surface area contributed by atoms with Crippen molar-refractivity contribution in [2.75, 3.05) is 11.1 Å². The summed E-state index contributed by atoms with van der Waals surface area (Å²) in [4.78, 5) is 24.5. The van der Waals surface area contributed by atoms with Crippen molar-refractivity contribution in [3.63, 3.8) is 0 Å². The van der Waals surface area contributed by atoms with Gasteiger partial charge in [0.25, 0.3) is 5.91 Å². The lowest BCUT2D eigenvalue weighted by Gasteiger charge is -2.09. The maximum absolute atomic E-state index is 12.9. The van der Waals surface area contributed by atoms with E-state index in [0.29, 0.717) is 38.8 Å². The molecule has 2 amide bonds. The minimum Gasteiger partial charge on any atom is -0.345 e. The van der Waals surface area contributed by atoms with Gasteiger partial charge in [-0.2, -0.15) is 0 Å². The van der Waals surface area contributed by atoms with E-state index in [2.05, 4.69) is 20.8 Å². The van der Waals surface area contributed by atoms with Crippen molar-refractivity contribution >= 4 is 52.5 Å². The van der Waals surface area contributed by atoms with Gasteiger partial charge in [-0.3, -0.25) is 9.59 Å². The van der Waals surface area contributed by atoms with Crippen molar-refractivity contribution in [1.29, 1.82) is 0 Å². The van der Waals surface area contributed by atoms with Gasteiger partial charge in [-0.25, -0.2) is 4.39 Å². The average Bonchev–Trinajstić information content (AvgIpc) is 3.16. The zero-order valence-corrected chi connectivity index (χ0v) is 18.7. The van der Waals surface area contributed by atoms with Crippen LogP contribution in [-0.2, 0) is 17.9 Å². The van der Waals surface area contributed by atoms with Crippen molar-refractivity contribution in [1.82, 2.24) is 20.1 Å². The molecular formula is C20H18Cl2FN5O2S. The van der Waals surface area contributed by atoms with Gasteiger partial charge < -0.3 is 15.2 Å². The van der Waals surface area contributed by atoms with E-state index in [1.807, 2.05) is 11.5 Å². The summed E-state index contributed by atoms with van der Waals surface area (Å²) < 4.78 is 14.8. The predicted octanol–water partition coefficient (Wildman–Crippen LogP) is 4.40. The number of aromatic nitrogens is 3. The normalized spacial score (nSPS) is 10.7. The molecule has 0 radical (unpaired) electrons. The molecule has 0 aliphatic heterocycles. The van der Waals surface area contributed by atoms with Crippen LogP contribution in [0.25, 0.3) is 0 Å². The summed E-state index contributed by atoms with van der Waals surface area (Å²) in [7, 11) is 0. The Hall–Kier alpha value is -2.62. The molecule has 0 fully saturated rings. The predicted molar refractivity (Wildman–Crippen MR) is 119 cm³/mol. The number of nitrogens with one attached hydrogen (secondary N) is 2. The molecule has 1 heterocycles. The van der Waals surface area contributed by atoms with Crippen LogP contribution in [0.1, 0.15) is 23.1 Å². The maximum atomic E-state index is 12.9. The van der Waals surface area contributed by atoms with E-state index in [-0.39, 0.29) is 29.9 Å². The number of anilines is 1. The van der Waals surface area contributed by atoms with Crippen molar-refractivity contribution in [2.24, 2.45) is 0 Å². The van der Waals surface area contributed by atoms with Gasteiger partial charge in [-0.15, -0.1) is 10.2 Å². The second-order valence-electron chi connectivity index (χ2n) is 6.30. The number of carbonyl (C=O) groups is 2. The molecule has 11 heteroatoms. The van der Waals surface area contributed by atoms with Crippen LogP contribution in [0.3, 0.4) is 0 Å². The third-order valence-corrected chi connectivity index (χ3v) is 5.86. The van der Waals surface area contributed by atoms with E-state index in [0.717, 1.165) is 0 Å². The lowest BCUT2D eigenvalue weighted by Crippen LogP contribution is -2.24. The fourth-order valence-corrected chi connectivity index (χ4v) is 3.75. The molecule has 0 saturated carbocycles. The van der Waals surface area contributed by atoms with E-state index in [1.165, 1.54) is 42.1 Å². The monoisotopic (exact) mass is 481 g/mol. The highest BCUT2D eigenvalue weighted by atomic mass is 35.5. The molecule has 0 spiro atoms. The third kappa shape index (κ3) is 6.19. The summed E-state index contributed by atoms with van der Waals surface area (Å²) in [5.41, 5.74) is 0.888. The lowest BCUT2D eigenvalue weighted by molar-refractivity contribution is -0.113. The molecule has 1 aromatic heterocycles. The van der Waals surface area contributed by atoms with Crippen molar-refractivity contribution in [3.05, 3.63) is 69.7 Å². The number of thioether (sulfide) groups is 1. The third-order valence-electron chi connectivity index (χ3n) is 4.16. The quantitative estimate of drug-likeness (QED) is 0.465. The van der Waals surface area contributed by atoms with Gasteiger partial charge in [-0.05, 0) is 49.4 Å². The highest BCUT2D eigenvalue weighted by molar-refractivity contribution is 7.99. The van der Waals surface area contributed by atoms with Gasteiger partial charge >= 0.3 is 0 Å². The number of carbonyl (C=O) groups excluding carboxylic acids is 2. The first-order valence-electron chi connectivity index (χ1n) is 9.21. The molecule has 0 bridgehead atoms. The first-order valence-corrected chi connectivity index (χ1v) is 10.9. The Balaban J connectivity index is 1.57. The van der Waals surface area contributed by atoms with Crippen LogP contribution in [0, 0.1) is 5.82 Å². The Morgan fingerprint density at radius 3 is 2.52 bits per heavy atom. The fourth-order valence-electron chi connectivity index (χ4n) is 2.63. The molecular weight excluding hydrogens is 464 g/mol. The summed E-state index contributed by atoms with van der Waals surface area (Å²) in [5, 5.41) is 14.9. The van der Waals surface area contributed by atoms with Crippen LogP contribution in [0.15, 0.2) is 47.6 Å². The van der Waals surface area contributed by atoms with E-state index in [9.17, 15) is 14.0 Å². The SMILES string of the molecule is CCn1c(CNC(=O)c2ccc(Cl)c(Cl)c2)nnc1SCC(=O)Nc1ccc(F)cc1. The summed E-state index contributed by atoms with van der Waals surface area (Å²) in [5.74, 6) is -0.293. The Bertz CT molecular complexity index is 1090. The van der Waals surface area contributed by atoms with Gasteiger partial charge in [0, 0.05) is 17.8 Å². The van der Waals surface area contributed by atoms with Gasteiger partial charge in [-0.1, -0.05) is 35.0 Å². The summed E-state index contributed by atoms with van der Waals surface area (Å²) in [6, 6.07) is 10.1. The maximum Gasteiger partial charge on any atom is 0.251 e. The average molecular weight is 482 g/mol. The second kappa shape index (κ2) is 10.6. The highest BCUT2D eigenvalue weighted by Gasteiger charge is 2.15. The van der Waals surface area contributed by atoms with Crippen LogP contribution in [-0.4, -0.2) is 32.3 Å². The van der Waals surface area contributed by atoms with E-state index >= 15 is 0 Å². The lowest BCUT2D eigenvalue weighted by atomic mass is 10.2. The molecule has 31 heavy (non-hydrogen) atoms. The molecule has 0 saturated heterocycles. The topological polar surface area (TPSA) is 88.9 Å². The van der Waals surface area contributed by atoms with E-state index < -0.39 is 0 Å². The second-order valence-corrected chi connectivity index (χ2v) is 8.06. The number of halogens is 3. The highest BCUT2D eigenvalue weighted by Crippen LogP contribution is 2.23. The standard InChI is InChI=1S/C20H18Cl2FN5O2S/c1-2-28-17(10-24-19(30)12-3-8-15(21)16(22)9-12)26-27-20(28)31-11-18(29)25-14-6-4-13(23)5-7-14/h3-9H,2,10-11H2,1H3,(H,24,30)(H,25,29).